The van der Waals surface area contributed by atoms with Gasteiger partial charge in [0.05, 0.1) is 16.8 Å². The molecular weight excluding hydrogens is 303 g/mol. The molecule has 0 bridgehead atoms. The van der Waals surface area contributed by atoms with Gasteiger partial charge in [-0.1, -0.05) is 0 Å². The van der Waals surface area contributed by atoms with E-state index < -0.39 is 35.0 Å². The number of amides is 1. The molecule has 0 saturated carbocycles. The van der Waals surface area contributed by atoms with E-state index in [9.17, 15) is 22.8 Å². The van der Waals surface area contributed by atoms with Gasteiger partial charge in [-0.3, -0.25) is 4.90 Å². The molecular formula is C14H16F3NO4. The third-order valence-corrected chi connectivity index (χ3v) is 2.58. The van der Waals surface area contributed by atoms with Crippen LogP contribution in [-0.4, -0.2) is 29.8 Å². The quantitative estimate of drug-likeness (QED) is 0.901. The summed E-state index contributed by atoms with van der Waals surface area (Å²) in [6.45, 7) is 4.84. The van der Waals surface area contributed by atoms with Gasteiger partial charge in [-0.05, 0) is 39.0 Å². The predicted molar refractivity (Wildman–Crippen MR) is 73.0 cm³/mol. The summed E-state index contributed by atoms with van der Waals surface area (Å²) in [4.78, 5) is 23.9. The average Bonchev–Trinajstić information content (AvgIpc) is 2.33. The molecule has 0 unspecified atom stereocenters. The largest absolute Gasteiger partial charge is 0.478 e. The van der Waals surface area contributed by atoms with Crippen molar-refractivity contribution in [3.05, 3.63) is 29.3 Å². The number of carboxylic acids is 1. The van der Waals surface area contributed by atoms with Crippen LogP contribution in [0.25, 0.3) is 0 Å². The van der Waals surface area contributed by atoms with Crippen LogP contribution in [0.4, 0.5) is 23.7 Å². The van der Waals surface area contributed by atoms with E-state index in [2.05, 4.69) is 0 Å². The molecule has 0 radical (unpaired) electrons. The molecule has 0 aromatic heterocycles. The topological polar surface area (TPSA) is 66.8 Å². The van der Waals surface area contributed by atoms with Crippen molar-refractivity contribution in [2.45, 2.75) is 32.5 Å². The lowest BCUT2D eigenvalue weighted by Crippen LogP contribution is -2.35. The Bertz CT molecular complexity index is 591. The van der Waals surface area contributed by atoms with Crippen LogP contribution >= 0.6 is 0 Å². The zero-order chi connectivity index (χ0) is 17.3. The van der Waals surface area contributed by atoms with Crippen LogP contribution in [0.3, 0.4) is 0 Å². The Morgan fingerprint density at radius 3 is 2.14 bits per heavy atom. The van der Waals surface area contributed by atoms with Crippen molar-refractivity contribution in [2.75, 3.05) is 11.9 Å². The van der Waals surface area contributed by atoms with Crippen LogP contribution in [0.2, 0.25) is 0 Å². The highest BCUT2D eigenvalue weighted by molar-refractivity contribution is 6.00. The van der Waals surface area contributed by atoms with Crippen LogP contribution in [0.5, 0.6) is 0 Å². The molecule has 22 heavy (non-hydrogen) atoms. The van der Waals surface area contributed by atoms with E-state index in [4.69, 9.17) is 9.84 Å². The Morgan fingerprint density at radius 2 is 1.73 bits per heavy atom. The maximum atomic E-state index is 12.6. The number of hydrogen-bond donors (Lipinski definition) is 1. The molecule has 0 fully saturated rings. The van der Waals surface area contributed by atoms with E-state index in [1.165, 1.54) is 7.05 Å². The molecule has 0 aliphatic heterocycles. The Kier molecular flexibility index (Phi) is 4.74. The smallest absolute Gasteiger partial charge is 0.416 e. The number of alkyl halides is 3. The normalized spacial score (nSPS) is 12.0. The summed E-state index contributed by atoms with van der Waals surface area (Å²) in [7, 11) is 1.23. The summed E-state index contributed by atoms with van der Waals surface area (Å²) in [6.07, 6.45) is -5.54. The van der Waals surface area contributed by atoms with E-state index in [0.29, 0.717) is 12.1 Å². The summed E-state index contributed by atoms with van der Waals surface area (Å²) in [5, 5.41) is 9.07. The van der Waals surface area contributed by atoms with Gasteiger partial charge in [0.25, 0.3) is 0 Å². The molecule has 1 rings (SSSR count). The monoisotopic (exact) mass is 319 g/mol. The first-order chi connectivity index (χ1) is 9.83. The first-order valence-electron chi connectivity index (χ1n) is 6.24. The van der Waals surface area contributed by atoms with Gasteiger partial charge in [-0.25, -0.2) is 9.59 Å². The highest BCUT2D eigenvalue weighted by atomic mass is 19.4. The zero-order valence-corrected chi connectivity index (χ0v) is 12.5. The van der Waals surface area contributed by atoms with Gasteiger partial charge in [0, 0.05) is 7.05 Å². The summed E-state index contributed by atoms with van der Waals surface area (Å²) < 4.78 is 43.0. The Labute approximate surface area is 125 Å². The number of aromatic carboxylic acids is 1. The lowest BCUT2D eigenvalue weighted by atomic mass is 10.1. The number of carbonyl (C=O) groups excluding carboxylic acids is 1. The van der Waals surface area contributed by atoms with Gasteiger partial charge in [0.2, 0.25) is 0 Å². The number of carboxylic acid groups (broad SMARTS) is 1. The van der Waals surface area contributed by atoms with Gasteiger partial charge in [0.15, 0.2) is 0 Å². The minimum atomic E-state index is -4.67. The summed E-state index contributed by atoms with van der Waals surface area (Å²) in [6, 6.07) is 2.12. The van der Waals surface area contributed by atoms with Crippen LogP contribution in [0.1, 0.15) is 36.7 Å². The maximum Gasteiger partial charge on any atom is 0.416 e. The van der Waals surface area contributed by atoms with Crippen molar-refractivity contribution in [3.8, 4) is 0 Å². The standard InChI is InChI=1S/C14H16F3NO4/c1-13(2,3)22-12(21)18(4)10-6-5-8(14(15,16)17)7-9(10)11(19)20/h5-7H,1-4H3,(H,19,20). The molecule has 0 spiro atoms. The second-order valence-electron chi connectivity index (χ2n) is 5.57. The fourth-order valence-corrected chi connectivity index (χ4v) is 1.60. The molecule has 122 valence electrons. The Hall–Kier alpha value is -2.25. The number of carbonyl (C=O) groups is 2. The lowest BCUT2D eigenvalue weighted by molar-refractivity contribution is -0.137. The number of benzene rings is 1. The molecule has 5 nitrogen and oxygen atoms in total. The number of nitrogens with zero attached hydrogens (tertiary/aromatic N) is 1. The van der Waals surface area contributed by atoms with Gasteiger partial charge >= 0.3 is 18.2 Å². The van der Waals surface area contributed by atoms with Crippen LogP contribution in [0, 0.1) is 0 Å². The zero-order valence-electron chi connectivity index (χ0n) is 12.5. The number of rotatable bonds is 2. The molecule has 1 aromatic rings. The molecule has 0 saturated heterocycles. The molecule has 1 N–H and O–H groups in total. The Balaban J connectivity index is 3.24. The fourth-order valence-electron chi connectivity index (χ4n) is 1.60. The minimum absolute atomic E-state index is 0.185. The lowest BCUT2D eigenvalue weighted by Gasteiger charge is -2.25. The number of anilines is 1. The maximum absolute atomic E-state index is 12.6. The SMILES string of the molecule is CN(C(=O)OC(C)(C)C)c1ccc(C(F)(F)F)cc1C(=O)O. The number of hydrogen-bond acceptors (Lipinski definition) is 3. The van der Waals surface area contributed by atoms with E-state index >= 15 is 0 Å². The molecule has 0 aliphatic rings. The first kappa shape index (κ1) is 17.8. The molecule has 0 atom stereocenters. The van der Waals surface area contributed by atoms with E-state index in [1.807, 2.05) is 0 Å². The van der Waals surface area contributed by atoms with Crippen LogP contribution in [-0.2, 0) is 10.9 Å². The number of halogens is 3. The average molecular weight is 319 g/mol. The van der Waals surface area contributed by atoms with Gasteiger partial charge in [-0.2, -0.15) is 13.2 Å². The molecule has 0 aliphatic carbocycles. The first-order valence-corrected chi connectivity index (χ1v) is 6.24. The fraction of sp³-hybridized carbons (Fsp3) is 0.429. The van der Waals surface area contributed by atoms with E-state index in [0.717, 1.165) is 11.0 Å². The number of ether oxygens (including phenoxy) is 1. The molecule has 8 heteroatoms. The molecule has 1 aromatic carbocycles. The second kappa shape index (κ2) is 5.86. The Morgan fingerprint density at radius 1 is 1.18 bits per heavy atom. The third kappa shape index (κ3) is 4.37. The predicted octanol–water partition coefficient (Wildman–Crippen LogP) is 3.77. The van der Waals surface area contributed by atoms with Gasteiger partial charge < -0.3 is 9.84 Å². The minimum Gasteiger partial charge on any atom is -0.478 e. The van der Waals surface area contributed by atoms with Crippen molar-refractivity contribution in [3.63, 3.8) is 0 Å². The molecule has 1 amide bonds. The van der Waals surface area contributed by atoms with Crippen molar-refractivity contribution in [1.29, 1.82) is 0 Å². The van der Waals surface area contributed by atoms with Crippen molar-refractivity contribution >= 4 is 17.7 Å². The summed E-state index contributed by atoms with van der Waals surface area (Å²) in [5.41, 5.74) is -2.75. The third-order valence-electron chi connectivity index (χ3n) is 2.58. The van der Waals surface area contributed by atoms with Crippen LogP contribution < -0.4 is 4.90 Å². The highest BCUT2D eigenvalue weighted by Gasteiger charge is 2.33. The van der Waals surface area contributed by atoms with E-state index in [-0.39, 0.29) is 5.69 Å². The van der Waals surface area contributed by atoms with Gasteiger partial charge in [0.1, 0.15) is 5.60 Å². The van der Waals surface area contributed by atoms with Crippen molar-refractivity contribution in [1.82, 2.24) is 0 Å². The molecule has 0 heterocycles. The van der Waals surface area contributed by atoms with Crippen LogP contribution in [0.15, 0.2) is 18.2 Å². The second-order valence-corrected chi connectivity index (χ2v) is 5.57. The highest BCUT2D eigenvalue weighted by Crippen LogP contribution is 2.33. The van der Waals surface area contributed by atoms with Crippen molar-refractivity contribution in [2.24, 2.45) is 0 Å². The van der Waals surface area contributed by atoms with Gasteiger partial charge in [-0.15, -0.1) is 0 Å². The summed E-state index contributed by atoms with van der Waals surface area (Å²) >= 11 is 0. The van der Waals surface area contributed by atoms with Crippen molar-refractivity contribution < 1.29 is 32.6 Å². The summed E-state index contributed by atoms with van der Waals surface area (Å²) in [5.74, 6) is -1.57. The van der Waals surface area contributed by atoms with E-state index in [1.54, 1.807) is 20.8 Å².